The second kappa shape index (κ2) is 8.39. The maximum Gasteiger partial charge on any atom is 0.255 e. The standard InChI is InChI=1S/C19H14Br2N4O4/c1-9(2)11-5-17(23-8-16(11)27)29-19-12(20)3-10(4-13(19)21)25-18(28)6-15(26)14(7-22)24-25/h3-5,9H,6,8H2,1-2H3/i1D3,5D. The fourth-order valence-electron chi connectivity index (χ4n) is 2.52. The maximum absolute atomic E-state index is 12.2. The topological polar surface area (TPSA) is 112 Å². The van der Waals surface area contributed by atoms with E-state index in [1.165, 1.54) is 19.1 Å². The monoisotopic (exact) mass is 524 g/mol. The molecule has 2 heterocycles. The van der Waals surface area contributed by atoms with Crippen LogP contribution >= 0.6 is 31.9 Å². The maximum atomic E-state index is 12.2. The first kappa shape index (κ1) is 16.2. The lowest BCUT2D eigenvalue weighted by atomic mass is 9.97. The number of amides is 1. The van der Waals surface area contributed by atoms with Gasteiger partial charge in [0.1, 0.15) is 12.6 Å². The van der Waals surface area contributed by atoms with Gasteiger partial charge in [0.15, 0.2) is 11.5 Å². The number of hydrogen-bond donors (Lipinski definition) is 0. The average molecular weight is 526 g/mol. The first-order valence-corrected chi connectivity index (χ1v) is 9.74. The first-order valence-electron chi connectivity index (χ1n) is 10.2. The Morgan fingerprint density at radius 3 is 2.62 bits per heavy atom. The Hall–Kier alpha value is -2.64. The van der Waals surface area contributed by atoms with E-state index < -0.39 is 48.4 Å². The molecular formula is C19H14Br2N4O4. The Morgan fingerprint density at radius 1 is 1.31 bits per heavy atom. The molecule has 8 nitrogen and oxygen atoms in total. The number of rotatable bonds is 3. The van der Waals surface area contributed by atoms with Gasteiger partial charge in [0.2, 0.25) is 17.4 Å². The molecule has 0 bridgehead atoms. The number of nitrogens with zero attached hydrogens (tertiary/aromatic N) is 4. The molecule has 0 fully saturated rings. The van der Waals surface area contributed by atoms with Crippen LogP contribution in [0, 0.1) is 17.2 Å². The molecule has 0 spiro atoms. The van der Waals surface area contributed by atoms with Crippen molar-refractivity contribution in [1.29, 1.82) is 5.26 Å². The van der Waals surface area contributed by atoms with Crippen LogP contribution < -0.4 is 9.75 Å². The molecule has 0 saturated carbocycles. The molecule has 0 N–H and O–H groups in total. The number of hydrazone groups is 1. The molecule has 0 saturated heterocycles. The summed E-state index contributed by atoms with van der Waals surface area (Å²) in [5.74, 6) is -3.13. The van der Waals surface area contributed by atoms with Gasteiger partial charge in [0.25, 0.3) is 5.91 Å². The number of hydrogen-bond acceptors (Lipinski definition) is 7. The van der Waals surface area contributed by atoms with Crippen molar-refractivity contribution in [2.24, 2.45) is 16.0 Å². The third-order valence-electron chi connectivity index (χ3n) is 3.89. The van der Waals surface area contributed by atoms with Crippen LogP contribution in [0.4, 0.5) is 5.69 Å². The van der Waals surface area contributed by atoms with E-state index in [1.54, 1.807) is 6.07 Å². The van der Waals surface area contributed by atoms with Crippen molar-refractivity contribution >= 4 is 66.6 Å². The van der Waals surface area contributed by atoms with Crippen molar-refractivity contribution in [3.8, 4) is 11.8 Å². The van der Waals surface area contributed by atoms with Gasteiger partial charge in [-0.3, -0.25) is 14.4 Å². The predicted molar refractivity (Wildman–Crippen MR) is 113 cm³/mol. The summed E-state index contributed by atoms with van der Waals surface area (Å²) in [6, 6.07) is 4.11. The fraction of sp³-hybridized carbons (Fsp3) is 0.263. The largest absolute Gasteiger partial charge is 0.437 e. The number of nitriles is 1. The predicted octanol–water partition coefficient (Wildman–Crippen LogP) is 3.34. The molecule has 0 aliphatic carbocycles. The van der Waals surface area contributed by atoms with Crippen LogP contribution in [0.2, 0.25) is 0 Å². The SMILES string of the molecule is [2H]C1=C(C(C)C([2H])([2H])[2H])C(=O)CN=C1Oc1c(Br)cc(N2N=C(C#N)C(=O)CC2=O)cc1Br. The van der Waals surface area contributed by atoms with E-state index in [-0.39, 0.29) is 29.5 Å². The normalized spacial score (nSPS) is 20.8. The molecule has 3 rings (SSSR count). The van der Waals surface area contributed by atoms with E-state index in [0.717, 1.165) is 5.01 Å². The number of ketones is 2. The molecule has 0 aromatic heterocycles. The number of carbonyl (C=O) groups excluding carboxylic acids is 3. The van der Waals surface area contributed by atoms with Gasteiger partial charge < -0.3 is 4.74 Å². The van der Waals surface area contributed by atoms with Gasteiger partial charge in [-0.1, -0.05) is 13.8 Å². The molecule has 1 aromatic rings. The Balaban J connectivity index is 1.97. The highest BCUT2D eigenvalue weighted by Gasteiger charge is 2.29. The van der Waals surface area contributed by atoms with Crippen LogP contribution in [-0.2, 0) is 14.4 Å². The van der Waals surface area contributed by atoms with E-state index in [2.05, 4.69) is 42.0 Å². The van der Waals surface area contributed by atoms with Crippen molar-refractivity contribution < 1.29 is 24.6 Å². The van der Waals surface area contributed by atoms with Crippen molar-refractivity contribution in [3.05, 3.63) is 32.7 Å². The van der Waals surface area contributed by atoms with Crippen LogP contribution in [0.15, 0.2) is 42.8 Å². The lowest BCUT2D eigenvalue weighted by Crippen LogP contribution is -2.36. The highest BCUT2D eigenvalue weighted by Crippen LogP contribution is 2.39. The zero-order chi connectivity index (χ0) is 24.7. The number of Topliss-reactive ketones (excluding diaryl/α,β-unsaturated/α-hetero) is 2. The van der Waals surface area contributed by atoms with Gasteiger partial charge in [-0.2, -0.15) is 15.4 Å². The zero-order valence-electron chi connectivity index (χ0n) is 18.8. The number of aliphatic imine (C=N–C) groups is 1. The highest BCUT2D eigenvalue weighted by molar-refractivity contribution is 9.11. The van der Waals surface area contributed by atoms with Gasteiger partial charge in [0, 0.05) is 15.7 Å². The van der Waals surface area contributed by atoms with E-state index in [4.69, 9.17) is 15.5 Å². The number of benzene rings is 1. The Morgan fingerprint density at radius 2 is 2.00 bits per heavy atom. The third kappa shape index (κ3) is 4.36. The summed E-state index contributed by atoms with van der Waals surface area (Å²) in [7, 11) is 0. The van der Waals surface area contributed by atoms with Crippen LogP contribution in [-0.4, -0.2) is 35.6 Å². The van der Waals surface area contributed by atoms with Gasteiger partial charge in [-0.25, -0.2) is 4.99 Å². The minimum atomic E-state index is -2.48. The van der Waals surface area contributed by atoms with Crippen LogP contribution in [0.5, 0.6) is 5.75 Å². The molecule has 1 atom stereocenters. The van der Waals surface area contributed by atoms with E-state index >= 15 is 0 Å². The van der Waals surface area contributed by atoms with Crippen LogP contribution in [0.25, 0.3) is 0 Å². The van der Waals surface area contributed by atoms with Crippen LogP contribution in [0.3, 0.4) is 0 Å². The van der Waals surface area contributed by atoms with Crippen molar-refractivity contribution in [1.82, 2.24) is 0 Å². The van der Waals surface area contributed by atoms with Crippen molar-refractivity contribution in [2.45, 2.75) is 20.2 Å². The summed E-state index contributed by atoms with van der Waals surface area (Å²) in [5, 5.41) is 13.7. The van der Waals surface area contributed by atoms with Gasteiger partial charge in [-0.05, 0) is 49.9 Å². The fourth-order valence-corrected chi connectivity index (χ4v) is 3.84. The van der Waals surface area contributed by atoms with E-state index in [1.807, 2.05) is 0 Å². The first-order chi connectivity index (χ1) is 15.3. The molecule has 29 heavy (non-hydrogen) atoms. The minimum Gasteiger partial charge on any atom is -0.437 e. The number of anilines is 1. The average Bonchev–Trinajstić information content (AvgIpc) is 2.71. The molecule has 10 heteroatoms. The van der Waals surface area contributed by atoms with Gasteiger partial charge in [-0.15, -0.1) is 0 Å². The second-order valence-corrected chi connectivity index (χ2v) is 7.72. The van der Waals surface area contributed by atoms with Gasteiger partial charge >= 0.3 is 0 Å². The molecule has 0 radical (unpaired) electrons. The molecule has 148 valence electrons. The summed E-state index contributed by atoms with van der Waals surface area (Å²) in [5.41, 5.74) is -0.362. The minimum absolute atomic E-state index is 0.141. The summed E-state index contributed by atoms with van der Waals surface area (Å²) in [4.78, 5) is 40.1. The number of dihydropyridines is 1. The summed E-state index contributed by atoms with van der Waals surface area (Å²) < 4.78 is 37.3. The zero-order valence-corrected chi connectivity index (χ0v) is 18.0. The third-order valence-corrected chi connectivity index (χ3v) is 5.06. The Labute approximate surface area is 188 Å². The molecule has 1 unspecified atom stereocenters. The Kier molecular flexibility index (Phi) is 4.68. The molecule has 2 aliphatic rings. The molecule has 1 amide bonds. The van der Waals surface area contributed by atoms with E-state index in [0.29, 0.717) is 8.95 Å². The number of carbonyl (C=O) groups is 3. The highest BCUT2D eigenvalue weighted by atomic mass is 79.9. The summed E-state index contributed by atoms with van der Waals surface area (Å²) >= 11 is 6.60. The van der Waals surface area contributed by atoms with Gasteiger partial charge in [0.05, 0.1) is 22.4 Å². The number of ether oxygens (including phenoxy) is 1. The second-order valence-electron chi connectivity index (χ2n) is 6.01. The van der Waals surface area contributed by atoms with Crippen molar-refractivity contribution in [3.63, 3.8) is 0 Å². The lowest BCUT2D eigenvalue weighted by Gasteiger charge is -2.22. The Bertz CT molecular complexity index is 1190. The molecule has 2 aliphatic heterocycles. The molecule has 1 aromatic carbocycles. The number of halogens is 2. The lowest BCUT2D eigenvalue weighted by molar-refractivity contribution is -0.124. The van der Waals surface area contributed by atoms with Crippen molar-refractivity contribution in [2.75, 3.05) is 11.6 Å². The van der Waals surface area contributed by atoms with Crippen LogP contribution in [0.1, 0.15) is 25.7 Å². The summed E-state index contributed by atoms with van der Waals surface area (Å²) in [6.07, 6.45) is -0.498. The quantitative estimate of drug-likeness (QED) is 0.561. The smallest absolute Gasteiger partial charge is 0.255 e. The molecular weight excluding hydrogens is 508 g/mol. The summed E-state index contributed by atoms with van der Waals surface area (Å²) in [6.45, 7) is -1.49. The van der Waals surface area contributed by atoms with E-state index in [9.17, 15) is 14.4 Å².